The van der Waals surface area contributed by atoms with Gasteiger partial charge in [-0.1, -0.05) is 52.3 Å². The topological polar surface area (TPSA) is 3.24 Å². The molecule has 1 aliphatic heterocycles. The third kappa shape index (κ3) is 4.36. The lowest BCUT2D eigenvalue weighted by atomic mass is 9.85. The quantitative estimate of drug-likeness (QED) is 0.665. The summed E-state index contributed by atoms with van der Waals surface area (Å²) in [7, 11) is 0. The van der Waals surface area contributed by atoms with Gasteiger partial charge in [0.1, 0.15) is 0 Å². The van der Waals surface area contributed by atoms with Gasteiger partial charge in [-0.25, -0.2) is 4.31 Å². The minimum absolute atomic E-state index is 0.758. The van der Waals surface area contributed by atoms with Crippen LogP contribution in [0.2, 0.25) is 0 Å². The van der Waals surface area contributed by atoms with Gasteiger partial charge in [-0.2, -0.15) is 0 Å². The van der Waals surface area contributed by atoms with Gasteiger partial charge in [-0.15, -0.1) is 0 Å². The fourth-order valence-electron chi connectivity index (χ4n) is 2.79. The van der Waals surface area contributed by atoms with Gasteiger partial charge >= 0.3 is 0 Å². The average Bonchev–Trinajstić information content (AvgIpc) is 2.25. The van der Waals surface area contributed by atoms with E-state index in [0.29, 0.717) is 0 Å². The van der Waals surface area contributed by atoms with Gasteiger partial charge in [0, 0.05) is 12.6 Å². The van der Waals surface area contributed by atoms with E-state index in [-0.39, 0.29) is 0 Å². The van der Waals surface area contributed by atoms with E-state index in [1.54, 1.807) is 0 Å². The summed E-state index contributed by atoms with van der Waals surface area (Å²) in [4.78, 5) is 0. The van der Waals surface area contributed by atoms with Crippen LogP contribution < -0.4 is 0 Å². The van der Waals surface area contributed by atoms with Crippen LogP contribution in [0.3, 0.4) is 0 Å². The van der Waals surface area contributed by atoms with E-state index in [4.69, 9.17) is 0 Å². The predicted octanol–water partition coefficient (Wildman–Crippen LogP) is 4.29. The highest BCUT2D eigenvalue weighted by molar-refractivity contribution is 7.77. The normalized spacial score (nSPS) is 25.4. The van der Waals surface area contributed by atoms with E-state index in [9.17, 15) is 0 Å². The molecule has 0 aliphatic carbocycles. The van der Waals surface area contributed by atoms with Crippen LogP contribution in [0, 0.1) is 5.92 Å². The first kappa shape index (κ1) is 13.4. The molecule has 2 heteroatoms. The summed E-state index contributed by atoms with van der Waals surface area (Å²) >= 11 is 4.64. The van der Waals surface area contributed by atoms with Crippen molar-refractivity contribution in [3.05, 3.63) is 0 Å². The summed E-state index contributed by atoms with van der Waals surface area (Å²) < 4.78 is 2.32. The summed E-state index contributed by atoms with van der Waals surface area (Å²) in [5.41, 5.74) is 0. The van der Waals surface area contributed by atoms with Crippen LogP contribution in [0.4, 0.5) is 0 Å². The van der Waals surface area contributed by atoms with E-state index in [1.807, 2.05) is 0 Å². The monoisotopic (exact) mass is 229 g/mol. The van der Waals surface area contributed by atoms with Crippen molar-refractivity contribution in [1.82, 2.24) is 4.31 Å². The molecular weight excluding hydrogens is 202 g/mol. The molecule has 0 aromatic rings. The number of hydrogen-bond donors (Lipinski definition) is 1. The molecule has 0 amide bonds. The van der Waals surface area contributed by atoms with Crippen molar-refractivity contribution in [2.75, 3.05) is 6.54 Å². The van der Waals surface area contributed by atoms with E-state index in [1.165, 1.54) is 57.9 Å². The fraction of sp³-hybridized carbons (Fsp3) is 1.00. The minimum Gasteiger partial charge on any atom is -0.250 e. The summed E-state index contributed by atoms with van der Waals surface area (Å²) in [6, 6.07) is 0.758. The van der Waals surface area contributed by atoms with Crippen molar-refractivity contribution in [3.8, 4) is 0 Å². The zero-order valence-corrected chi connectivity index (χ0v) is 11.3. The first-order chi connectivity index (χ1) is 7.29. The van der Waals surface area contributed by atoms with Crippen molar-refractivity contribution in [2.24, 2.45) is 5.92 Å². The number of thiol groups is 1. The predicted molar refractivity (Wildman–Crippen MR) is 71.3 cm³/mol. The zero-order valence-electron chi connectivity index (χ0n) is 10.4. The third-order valence-electron chi connectivity index (χ3n) is 3.65. The summed E-state index contributed by atoms with van der Waals surface area (Å²) in [5.74, 6) is 0.896. The Morgan fingerprint density at radius 3 is 2.60 bits per heavy atom. The molecule has 0 N–H and O–H groups in total. The van der Waals surface area contributed by atoms with Crippen LogP contribution in [-0.4, -0.2) is 16.9 Å². The molecule has 0 spiro atoms. The first-order valence-electron chi connectivity index (χ1n) is 6.75. The van der Waals surface area contributed by atoms with Gasteiger partial charge in [0.15, 0.2) is 0 Å². The second kappa shape index (κ2) is 7.56. The number of piperidine rings is 1. The highest BCUT2D eigenvalue weighted by Gasteiger charge is 2.27. The average molecular weight is 229 g/mol. The number of rotatable bonds is 6. The standard InChI is InChI=1S/C13H27NS/c1-3-5-9-12(8-4-2)13-10-6-7-11-14(13)15/h12-13,15H,3-11H2,1-2H3. The molecule has 2 unspecified atom stereocenters. The molecule has 0 bridgehead atoms. The first-order valence-corrected chi connectivity index (χ1v) is 7.15. The number of unbranched alkanes of at least 4 members (excludes halogenated alkanes) is 1. The third-order valence-corrected chi connectivity index (χ3v) is 4.15. The SMILES string of the molecule is CCCCC(CCC)C1CCCCN1S. The van der Waals surface area contributed by atoms with Crippen LogP contribution in [-0.2, 0) is 0 Å². The number of hydrogen-bond acceptors (Lipinski definition) is 2. The lowest BCUT2D eigenvalue weighted by molar-refractivity contribution is 0.182. The molecule has 2 atom stereocenters. The maximum Gasteiger partial charge on any atom is 0.0228 e. The molecular formula is C13H27NS. The molecule has 90 valence electrons. The van der Waals surface area contributed by atoms with Gasteiger partial charge in [0.2, 0.25) is 0 Å². The highest BCUT2D eigenvalue weighted by atomic mass is 32.1. The largest absolute Gasteiger partial charge is 0.250 e. The van der Waals surface area contributed by atoms with E-state index in [2.05, 4.69) is 31.0 Å². The Morgan fingerprint density at radius 2 is 2.00 bits per heavy atom. The highest BCUT2D eigenvalue weighted by Crippen LogP contribution is 2.30. The Labute approximate surface area is 101 Å². The smallest absolute Gasteiger partial charge is 0.0228 e. The zero-order chi connectivity index (χ0) is 11.1. The lowest BCUT2D eigenvalue weighted by Gasteiger charge is -2.37. The van der Waals surface area contributed by atoms with Crippen molar-refractivity contribution in [3.63, 3.8) is 0 Å². The molecule has 0 saturated carbocycles. The van der Waals surface area contributed by atoms with Crippen LogP contribution in [0.5, 0.6) is 0 Å². The maximum atomic E-state index is 4.64. The second-order valence-corrected chi connectivity index (χ2v) is 5.43. The molecule has 0 aromatic heterocycles. The molecule has 15 heavy (non-hydrogen) atoms. The summed E-state index contributed by atoms with van der Waals surface area (Å²) in [6.07, 6.45) is 11.0. The summed E-state index contributed by atoms with van der Waals surface area (Å²) in [5, 5.41) is 0. The van der Waals surface area contributed by atoms with Crippen LogP contribution in [0.15, 0.2) is 0 Å². The van der Waals surface area contributed by atoms with E-state index >= 15 is 0 Å². The van der Waals surface area contributed by atoms with E-state index < -0.39 is 0 Å². The molecule has 1 aliphatic rings. The molecule has 1 heterocycles. The molecule has 1 nitrogen and oxygen atoms in total. The lowest BCUT2D eigenvalue weighted by Crippen LogP contribution is -2.38. The Balaban J connectivity index is 2.44. The van der Waals surface area contributed by atoms with Crippen LogP contribution in [0.1, 0.15) is 65.2 Å². The molecule has 0 radical (unpaired) electrons. The Morgan fingerprint density at radius 1 is 1.20 bits per heavy atom. The van der Waals surface area contributed by atoms with Gasteiger partial charge < -0.3 is 0 Å². The Kier molecular flexibility index (Phi) is 6.74. The van der Waals surface area contributed by atoms with Crippen LogP contribution in [0.25, 0.3) is 0 Å². The number of nitrogens with zero attached hydrogens (tertiary/aromatic N) is 1. The minimum atomic E-state index is 0.758. The summed E-state index contributed by atoms with van der Waals surface area (Å²) in [6.45, 7) is 5.80. The van der Waals surface area contributed by atoms with Crippen molar-refractivity contribution < 1.29 is 0 Å². The van der Waals surface area contributed by atoms with Crippen molar-refractivity contribution in [2.45, 2.75) is 71.3 Å². The second-order valence-electron chi connectivity index (χ2n) is 4.92. The van der Waals surface area contributed by atoms with Gasteiger partial charge in [-0.05, 0) is 31.6 Å². The molecule has 1 fully saturated rings. The van der Waals surface area contributed by atoms with Crippen molar-refractivity contribution in [1.29, 1.82) is 0 Å². The molecule has 1 rings (SSSR count). The molecule has 1 saturated heterocycles. The van der Waals surface area contributed by atoms with Crippen LogP contribution >= 0.6 is 12.8 Å². The van der Waals surface area contributed by atoms with Crippen molar-refractivity contribution >= 4 is 12.8 Å². The van der Waals surface area contributed by atoms with Gasteiger partial charge in [0.25, 0.3) is 0 Å². The Bertz CT molecular complexity index is 161. The molecule has 0 aromatic carbocycles. The maximum absolute atomic E-state index is 4.64. The fourth-order valence-corrected chi connectivity index (χ4v) is 3.23. The van der Waals surface area contributed by atoms with Gasteiger partial charge in [-0.3, -0.25) is 0 Å². The van der Waals surface area contributed by atoms with E-state index in [0.717, 1.165) is 12.0 Å². The Hall–Kier alpha value is 0.310. The van der Waals surface area contributed by atoms with Gasteiger partial charge in [0.05, 0.1) is 0 Å².